The molecular weight excluding hydrogens is 312 g/mol. The highest BCUT2D eigenvalue weighted by Gasteiger charge is 2.44. The summed E-state index contributed by atoms with van der Waals surface area (Å²) in [6.45, 7) is 0. The molecule has 2 aliphatic rings. The average Bonchev–Trinajstić information content (AvgIpc) is 3.21. The number of aromatic nitrogens is 4. The maximum Gasteiger partial charge on any atom is 0.280 e. The van der Waals surface area contributed by atoms with Gasteiger partial charge in [0.1, 0.15) is 6.23 Å². The first-order valence-corrected chi connectivity index (χ1v) is 8.04. The molecular formula is C15H20N6O3. The van der Waals surface area contributed by atoms with E-state index >= 15 is 0 Å². The van der Waals surface area contributed by atoms with Gasteiger partial charge in [-0.1, -0.05) is 0 Å². The van der Waals surface area contributed by atoms with Crippen LogP contribution in [0.3, 0.4) is 0 Å². The number of rotatable bonds is 3. The topological polar surface area (TPSA) is 109 Å². The predicted molar refractivity (Wildman–Crippen MR) is 87.2 cm³/mol. The van der Waals surface area contributed by atoms with E-state index in [9.17, 15) is 9.90 Å². The van der Waals surface area contributed by atoms with Gasteiger partial charge >= 0.3 is 0 Å². The second-order valence-corrected chi connectivity index (χ2v) is 6.62. The van der Waals surface area contributed by atoms with Gasteiger partial charge in [0.05, 0.1) is 24.9 Å². The number of hydrogen-bond donors (Lipinski definition) is 2. The van der Waals surface area contributed by atoms with Gasteiger partial charge in [0.25, 0.3) is 5.56 Å². The van der Waals surface area contributed by atoms with Crippen LogP contribution >= 0.6 is 0 Å². The van der Waals surface area contributed by atoms with Crippen LogP contribution in [0.25, 0.3) is 11.2 Å². The normalized spacial score (nSPS) is 29.6. The van der Waals surface area contributed by atoms with E-state index in [1.165, 1.54) is 0 Å². The highest BCUT2D eigenvalue weighted by atomic mass is 16.5. The maximum absolute atomic E-state index is 12.2. The molecule has 2 unspecified atom stereocenters. The Morgan fingerprint density at radius 2 is 2.33 bits per heavy atom. The summed E-state index contributed by atoms with van der Waals surface area (Å²) in [5.74, 6) is 0.567. The smallest absolute Gasteiger partial charge is 0.280 e. The zero-order chi connectivity index (χ0) is 16.8. The number of aliphatic hydroxyl groups excluding tert-OH is 1. The van der Waals surface area contributed by atoms with Gasteiger partial charge in [-0.3, -0.25) is 14.3 Å². The van der Waals surface area contributed by atoms with Crippen LogP contribution in [0.1, 0.15) is 25.5 Å². The van der Waals surface area contributed by atoms with Gasteiger partial charge < -0.3 is 14.7 Å². The molecule has 0 amide bonds. The third-order valence-electron chi connectivity index (χ3n) is 4.64. The molecule has 9 nitrogen and oxygen atoms in total. The highest BCUT2D eigenvalue weighted by Crippen LogP contribution is 2.43. The van der Waals surface area contributed by atoms with Gasteiger partial charge in [0.2, 0.25) is 5.95 Å². The molecule has 1 saturated heterocycles. The minimum absolute atomic E-state index is 0.138. The Hall–Kier alpha value is -2.26. The Kier molecular flexibility index (Phi) is 3.61. The fraction of sp³-hybridized carbons (Fsp3) is 0.600. The summed E-state index contributed by atoms with van der Waals surface area (Å²) in [6, 6.07) is 0. The Morgan fingerprint density at radius 1 is 1.50 bits per heavy atom. The van der Waals surface area contributed by atoms with Crippen molar-refractivity contribution in [1.29, 1.82) is 0 Å². The van der Waals surface area contributed by atoms with Crippen LogP contribution in [-0.2, 0) is 4.74 Å². The molecule has 1 aliphatic heterocycles. The maximum atomic E-state index is 12.2. The monoisotopic (exact) mass is 332 g/mol. The van der Waals surface area contributed by atoms with Gasteiger partial charge in [0, 0.05) is 14.1 Å². The number of fused-ring (bicyclic) bond motifs is 2. The summed E-state index contributed by atoms with van der Waals surface area (Å²) < 4.78 is 7.77. The molecule has 2 aromatic rings. The summed E-state index contributed by atoms with van der Waals surface area (Å²) in [5, 5.41) is 9.99. The van der Waals surface area contributed by atoms with E-state index in [4.69, 9.17) is 4.74 Å². The van der Waals surface area contributed by atoms with Gasteiger partial charge in [-0.2, -0.15) is 4.98 Å². The molecule has 0 spiro atoms. The van der Waals surface area contributed by atoms with Crippen molar-refractivity contribution < 1.29 is 9.84 Å². The molecule has 1 aliphatic carbocycles. The largest absolute Gasteiger partial charge is 0.390 e. The lowest BCUT2D eigenvalue weighted by Gasteiger charge is -2.16. The second kappa shape index (κ2) is 5.67. The summed E-state index contributed by atoms with van der Waals surface area (Å²) in [4.78, 5) is 29.3. The van der Waals surface area contributed by atoms with E-state index in [-0.39, 0.29) is 29.4 Å². The molecule has 9 heteroatoms. The molecule has 24 heavy (non-hydrogen) atoms. The van der Waals surface area contributed by atoms with Crippen molar-refractivity contribution in [1.82, 2.24) is 24.4 Å². The summed E-state index contributed by atoms with van der Waals surface area (Å²) in [6.07, 6.45) is 4.86. The van der Waals surface area contributed by atoms with Crippen molar-refractivity contribution >= 4 is 23.5 Å². The van der Waals surface area contributed by atoms with Crippen molar-refractivity contribution in [2.24, 2.45) is 10.9 Å². The molecule has 0 bridgehead atoms. The first-order valence-electron chi connectivity index (χ1n) is 8.04. The van der Waals surface area contributed by atoms with E-state index in [1.54, 1.807) is 22.1 Å². The molecule has 1 saturated carbocycles. The van der Waals surface area contributed by atoms with Gasteiger partial charge in [-0.25, -0.2) is 9.98 Å². The Balaban J connectivity index is 1.70. The number of aromatic amines is 1. The van der Waals surface area contributed by atoms with E-state index in [2.05, 4.69) is 19.9 Å². The second-order valence-electron chi connectivity index (χ2n) is 6.62. The average molecular weight is 332 g/mol. The lowest BCUT2D eigenvalue weighted by atomic mass is 10.0. The van der Waals surface area contributed by atoms with Gasteiger partial charge in [-0.15, -0.1) is 0 Å². The van der Waals surface area contributed by atoms with E-state index in [0.29, 0.717) is 11.6 Å². The highest BCUT2D eigenvalue weighted by molar-refractivity contribution is 5.71. The Bertz CT molecular complexity index is 841. The predicted octanol–water partition coefficient (Wildman–Crippen LogP) is 0.399. The molecule has 2 N–H and O–H groups in total. The van der Waals surface area contributed by atoms with Crippen LogP contribution in [0.5, 0.6) is 0 Å². The molecule has 0 radical (unpaired) electrons. The van der Waals surface area contributed by atoms with Crippen LogP contribution < -0.4 is 5.56 Å². The molecule has 0 aromatic carbocycles. The van der Waals surface area contributed by atoms with Crippen LogP contribution in [0, 0.1) is 5.92 Å². The molecule has 2 aromatic heterocycles. The van der Waals surface area contributed by atoms with Gasteiger partial charge in [-0.05, 0) is 25.2 Å². The number of nitrogens with one attached hydrogen (secondary N) is 1. The number of H-pyrrole nitrogens is 1. The SMILES string of the molecule is CN(C)C=Nc1nc2c(ncn2[C@@H]2C[C@H]3CCC(O)C3O2)c(=O)[nH]1. The molecule has 128 valence electrons. The van der Waals surface area contributed by atoms with Crippen LogP contribution in [-0.4, -0.2) is 62.2 Å². The van der Waals surface area contributed by atoms with Gasteiger partial charge in [0.15, 0.2) is 11.2 Å². The number of nitrogens with zero attached hydrogens (tertiary/aromatic N) is 5. The van der Waals surface area contributed by atoms with Crippen molar-refractivity contribution in [3.8, 4) is 0 Å². The third-order valence-corrected chi connectivity index (χ3v) is 4.64. The van der Waals surface area contributed by atoms with Crippen molar-refractivity contribution in [3.63, 3.8) is 0 Å². The molecule has 3 heterocycles. The summed E-state index contributed by atoms with van der Waals surface area (Å²) >= 11 is 0. The zero-order valence-corrected chi connectivity index (χ0v) is 13.6. The fourth-order valence-electron chi connectivity index (χ4n) is 3.51. The van der Waals surface area contributed by atoms with E-state index in [1.807, 2.05) is 14.1 Å². The number of ether oxygens (including phenoxy) is 1. The zero-order valence-electron chi connectivity index (χ0n) is 13.6. The lowest BCUT2D eigenvalue weighted by Crippen LogP contribution is -2.23. The minimum atomic E-state index is -0.411. The Morgan fingerprint density at radius 3 is 3.08 bits per heavy atom. The van der Waals surface area contributed by atoms with Crippen molar-refractivity contribution in [3.05, 3.63) is 16.7 Å². The minimum Gasteiger partial charge on any atom is -0.390 e. The molecule has 4 atom stereocenters. The third kappa shape index (κ3) is 2.49. The number of hydrogen-bond acceptors (Lipinski definition) is 6. The number of aliphatic hydroxyl groups is 1. The summed E-state index contributed by atoms with van der Waals surface area (Å²) in [5.41, 5.74) is 0.381. The lowest BCUT2D eigenvalue weighted by molar-refractivity contribution is -0.0525. The fourth-order valence-corrected chi connectivity index (χ4v) is 3.51. The van der Waals surface area contributed by atoms with Crippen molar-refractivity contribution in [2.45, 2.75) is 37.7 Å². The van der Waals surface area contributed by atoms with Crippen LogP contribution in [0.15, 0.2) is 16.1 Å². The summed E-state index contributed by atoms with van der Waals surface area (Å²) in [7, 11) is 3.67. The van der Waals surface area contributed by atoms with E-state index < -0.39 is 6.10 Å². The van der Waals surface area contributed by atoms with Crippen molar-refractivity contribution in [2.75, 3.05) is 14.1 Å². The van der Waals surface area contributed by atoms with Crippen LogP contribution in [0.4, 0.5) is 5.95 Å². The number of imidazole rings is 1. The first-order chi connectivity index (χ1) is 11.5. The quantitative estimate of drug-likeness (QED) is 0.622. The van der Waals surface area contributed by atoms with Crippen LogP contribution in [0.2, 0.25) is 0 Å². The number of aliphatic imine (C=N–C) groups is 1. The molecule has 4 rings (SSSR count). The first kappa shape index (κ1) is 15.3. The molecule has 2 fully saturated rings. The Labute approximate surface area is 138 Å². The van der Waals surface area contributed by atoms with E-state index in [0.717, 1.165) is 19.3 Å². The standard InChI is InChI=1S/C15H20N6O3/c1-20(2)6-17-15-18-13-11(14(23)19-15)16-7-21(13)10-5-8-3-4-9(22)12(8)24-10/h6-10,12,22H,3-5H2,1-2H3,(H,18,19,23)/t8-,9?,10+,12?/m1/s1.